The van der Waals surface area contributed by atoms with E-state index in [0.717, 1.165) is 13.0 Å². The Balaban J connectivity index is 2.46. The normalized spacial score (nSPS) is 28.1. The molecule has 0 aromatic carbocycles. The molecule has 0 spiro atoms. The van der Waals surface area contributed by atoms with Crippen LogP contribution >= 0.6 is 0 Å². The van der Waals surface area contributed by atoms with E-state index >= 15 is 0 Å². The largest absolute Gasteiger partial charge is 0.329 e. The van der Waals surface area contributed by atoms with E-state index in [1.54, 1.807) is 0 Å². The van der Waals surface area contributed by atoms with E-state index in [4.69, 9.17) is 5.73 Å². The van der Waals surface area contributed by atoms with Gasteiger partial charge in [0.15, 0.2) is 9.84 Å². The Bertz CT molecular complexity index is 238. The van der Waals surface area contributed by atoms with Gasteiger partial charge in [0.25, 0.3) is 0 Å². The molecule has 0 saturated carbocycles. The Hall–Kier alpha value is -0.130. The molecular formula is C7H16N2O2S. The van der Waals surface area contributed by atoms with Gasteiger partial charge < -0.3 is 10.6 Å². The maximum atomic E-state index is 11.1. The Morgan fingerprint density at radius 2 is 2.25 bits per heavy atom. The monoisotopic (exact) mass is 192 g/mol. The first-order valence-corrected chi connectivity index (χ1v) is 5.98. The molecule has 1 rings (SSSR count). The van der Waals surface area contributed by atoms with Crippen molar-refractivity contribution in [3.05, 3.63) is 0 Å². The van der Waals surface area contributed by atoms with Gasteiger partial charge in [-0.1, -0.05) is 0 Å². The van der Waals surface area contributed by atoms with Crippen LogP contribution in [0.3, 0.4) is 0 Å². The second-order valence-corrected chi connectivity index (χ2v) is 5.55. The molecule has 1 atom stereocenters. The average Bonchev–Trinajstić information content (AvgIpc) is 2.31. The molecule has 1 fully saturated rings. The lowest BCUT2D eigenvalue weighted by Crippen LogP contribution is -2.36. The SMILES string of the molecule is CN(CCN)[C@H]1CCS(=O)(=O)C1. The highest BCUT2D eigenvalue weighted by atomic mass is 32.2. The zero-order valence-corrected chi connectivity index (χ0v) is 8.18. The van der Waals surface area contributed by atoms with Crippen LogP contribution in [-0.4, -0.2) is 51.0 Å². The van der Waals surface area contributed by atoms with Crippen LogP contribution in [0.25, 0.3) is 0 Å². The lowest BCUT2D eigenvalue weighted by Gasteiger charge is -2.21. The molecule has 0 radical (unpaired) electrons. The molecular weight excluding hydrogens is 176 g/mol. The van der Waals surface area contributed by atoms with Crippen molar-refractivity contribution in [3.63, 3.8) is 0 Å². The number of hydrogen-bond donors (Lipinski definition) is 1. The topological polar surface area (TPSA) is 63.4 Å². The number of nitrogens with zero attached hydrogens (tertiary/aromatic N) is 1. The summed E-state index contributed by atoms with van der Waals surface area (Å²) >= 11 is 0. The van der Waals surface area contributed by atoms with E-state index in [0.29, 0.717) is 18.1 Å². The van der Waals surface area contributed by atoms with E-state index in [2.05, 4.69) is 0 Å². The summed E-state index contributed by atoms with van der Waals surface area (Å²) in [6, 6.07) is 0.193. The van der Waals surface area contributed by atoms with Crippen LogP contribution in [0.4, 0.5) is 0 Å². The molecule has 1 aliphatic rings. The zero-order valence-electron chi connectivity index (χ0n) is 7.36. The van der Waals surface area contributed by atoms with E-state index in [1.165, 1.54) is 0 Å². The molecule has 0 unspecified atom stereocenters. The van der Waals surface area contributed by atoms with E-state index in [-0.39, 0.29) is 6.04 Å². The van der Waals surface area contributed by atoms with Crippen LogP contribution in [0.5, 0.6) is 0 Å². The van der Waals surface area contributed by atoms with Crippen LogP contribution in [0.15, 0.2) is 0 Å². The summed E-state index contributed by atoms with van der Waals surface area (Å²) in [5.41, 5.74) is 5.37. The summed E-state index contributed by atoms with van der Waals surface area (Å²) in [5, 5.41) is 0. The summed E-state index contributed by atoms with van der Waals surface area (Å²) in [7, 11) is -0.812. The molecule has 0 aliphatic carbocycles. The van der Waals surface area contributed by atoms with Crippen molar-refractivity contribution in [1.29, 1.82) is 0 Å². The summed E-state index contributed by atoms with van der Waals surface area (Å²) in [5.74, 6) is 0.649. The third kappa shape index (κ3) is 2.43. The molecule has 0 bridgehead atoms. The fourth-order valence-electron chi connectivity index (χ4n) is 1.51. The summed E-state index contributed by atoms with van der Waals surface area (Å²) in [4.78, 5) is 2.03. The zero-order chi connectivity index (χ0) is 9.19. The van der Waals surface area contributed by atoms with Gasteiger partial charge in [-0.3, -0.25) is 0 Å². The third-order valence-electron chi connectivity index (χ3n) is 2.31. The van der Waals surface area contributed by atoms with Crippen LogP contribution in [0.1, 0.15) is 6.42 Å². The van der Waals surface area contributed by atoms with Gasteiger partial charge in [0.05, 0.1) is 11.5 Å². The molecule has 1 aliphatic heterocycles. The van der Waals surface area contributed by atoms with Crippen molar-refractivity contribution >= 4 is 9.84 Å². The first-order valence-electron chi connectivity index (χ1n) is 4.16. The molecule has 4 nitrogen and oxygen atoms in total. The first kappa shape index (κ1) is 9.95. The number of hydrogen-bond acceptors (Lipinski definition) is 4. The number of rotatable bonds is 3. The summed E-state index contributed by atoms with van der Waals surface area (Å²) in [6.07, 6.45) is 0.763. The van der Waals surface area contributed by atoms with Crippen molar-refractivity contribution < 1.29 is 8.42 Å². The van der Waals surface area contributed by atoms with Gasteiger partial charge in [0.2, 0.25) is 0 Å². The van der Waals surface area contributed by atoms with Crippen LogP contribution in [0, 0.1) is 0 Å². The van der Waals surface area contributed by atoms with E-state index < -0.39 is 9.84 Å². The number of sulfone groups is 1. The van der Waals surface area contributed by atoms with Crippen molar-refractivity contribution in [2.24, 2.45) is 5.73 Å². The predicted molar refractivity (Wildman–Crippen MR) is 48.7 cm³/mol. The summed E-state index contributed by atoms with van der Waals surface area (Å²) < 4.78 is 22.2. The average molecular weight is 192 g/mol. The molecule has 5 heteroatoms. The fourth-order valence-corrected chi connectivity index (χ4v) is 3.31. The highest BCUT2D eigenvalue weighted by Crippen LogP contribution is 2.15. The van der Waals surface area contributed by atoms with Crippen molar-refractivity contribution in [2.45, 2.75) is 12.5 Å². The lowest BCUT2D eigenvalue weighted by molar-refractivity contribution is 0.269. The van der Waals surface area contributed by atoms with Crippen LogP contribution in [-0.2, 0) is 9.84 Å². The molecule has 0 amide bonds. The van der Waals surface area contributed by atoms with Gasteiger partial charge in [0.1, 0.15) is 0 Å². The minimum absolute atomic E-state index is 0.193. The Morgan fingerprint density at radius 1 is 1.58 bits per heavy atom. The number of likely N-dealkylation sites (N-methyl/N-ethyl adjacent to an activating group) is 1. The second kappa shape index (κ2) is 3.72. The van der Waals surface area contributed by atoms with Gasteiger partial charge in [-0.05, 0) is 13.5 Å². The molecule has 1 heterocycles. The van der Waals surface area contributed by atoms with Gasteiger partial charge >= 0.3 is 0 Å². The smallest absolute Gasteiger partial charge is 0.151 e. The highest BCUT2D eigenvalue weighted by Gasteiger charge is 2.29. The van der Waals surface area contributed by atoms with Gasteiger partial charge in [0, 0.05) is 19.1 Å². The lowest BCUT2D eigenvalue weighted by atomic mass is 10.2. The molecule has 0 aromatic heterocycles. The molecule has 12 heavy (non-hydrogen) atoms. The maximum absolute atomic E-state index is 11.1. The predicted octanol–water partition coefficient (Wildman–Crippen LogP) is -0.936. The third-order valence-corrected chi connectivity index (χ3v) is 4.06. The molecule has 72 valence electrons. The standard InChI is InChI=1S/C7H16N2O2S/c1-9(4-3-8)7-2-5-12(10,11)6-7/h7H,2-6,8H2,1H3/t7-/m0/s1. The fraction of sp³-hybridized carbons (Fsp3) is 1.00. The van der Waals surface area contributed by atoms with Crippen molar-refractivity contribution in [2.75, 3.05) is 31.6 Å². The second-order valence-electron chi connectivity index (χ2n) is 3.33. The van der Waals surface area contributed by atoms with E-state index in [9.17, 15) is 8.42 Å². The van der Waals surface area contributed by atoms with Crippen LogP contribution in [0.2, 0.25) is 0 Å². The van der Waals surface area contributed by atoms with Crippen molar-refractivity contribution in [1.82, 2.24) is 4.90 Å². The Morgan fingerprint density at radius 3 is 2.67 bits per heavy atom. The van der Waals surface area contributed by atoms with Gasteiger partial charge in [-0.2, -0.15) is 0 Å². The van der Waals surface area contributed by atoms with Gasteiger partial charge in [-0.25, -0.2) is 8.42 Å². The quantitative estimate of drug-likeness (QED) is 0.627. The Kier molecular flexibility index (Phi) is 3.09. The van der Waals surface area contributed by atoms with Gasteiger partial charge in [-0.15, -0.1) is 0 Å². The minimum Gasteiger partial charge on any atom is -0.329 e. The molecule has 0 aromatic rings. The molecule has 2 N–H and O–H groups in total. The number of nitrogens with two attached hydrogens (primary N) is 1. The minimum atomic E-state index is -2.74. The van der Waals surface area contributed by atoms with E-state index in [1.807, 2.05) is 11.9 Å². The molecule has 1 saturated heterocycles. The van der Waals surface area contributed by atoms with Crippen molar-refractivity contribution in [3.8, 4) is 0 Å². The maximum Gasteiger partial charge on any atom is 0.151 e. The highest BCUT2D eigenvalue weighted by molar-refractivity contribution is 7.91. The first-order chi connectivity index (χ1) is 5.55. The Labute approximate surface area is 73.6 Å². The summed E-state index contributed by atoms with van der Waals surface area (Å²) in [6.45, 7) is 1.37. The van der Waals surface area contributed by atoms with Crippen LogP contribution < -0.4 is 5.73 Å².